The summed E-state index contributed by atoms with van der Waals surface area (Å²) in [5.41, 5.74) is 3.08. The molecule has 0 radical (unpaired) electrons. The van der Waals surface area contributed by atoms with Gasteiger partial charge in [-0.1, -0.05) is 49.4 Å². The van der Waals surface area contributed by atoms with Crippen LogP contribution >= 0.6 is 0 Å². The molecule has 1 atom stereocenters. The highest BCUT2D eigenvalue weighted by atomic mass is 16.5. The molecule has 0 unspecified atom stereocenters. The second-order valence-electron chi connectivity index (χ2n) is 6.82. The third-order valence-corrected chi connectivity index (χ3v) is 4.78. The zero-order valence-corrected chi connectivity index (χ0v) is 17.2. The van der Waals surface area contributed by atoms with Crippen molar-refractivity contribution in [3.05, 3.63) is 65.2 Å². The molecule has 28 heavy (non-hydrogen) atoms. The average molecular weight is 383 g/mol. The summed E-state index contributed by atoms with van der Waals surface area (Å²) in [6, 6.07) is 15.0. The van der Waals surface area contributed by atoms with Crippen molar-refractivity contribution in [3.8, 4) is 5.75 Å². The lowest BCUT2D eigenvalue weighted by Crippen LogP contribution is -2.50. The Balaban J connectivity index is 2.23. The van der Waals surface area contributed by atoms with Crippen LogP contribution < -0.4 is 10.1 Å². The van der Waals surface area contributed by atoms with Crippen molar-refractivity contribution in [3.63, 3.8) is 0 Å². The van der Waals surface area contributed by atoms with Crippen LogP contribution in [0.4, 0.5) is 0 Å². The number of carbonyl (C=O) groups excluding carboxylic acids is 2. The van der Waals surface area contributed by atoms with E-state index in [1.165, 1.54) is 0 Å². The highest BCUT2D eigenvalue weighted by Crippen LogP contribution is 2.18. The number of nitrogens with one attached hydrogen (secondary N) is 1. The lowest BCUT2D eigenvalue weighted by Gasteiger charge is -2.31. The number of para-hydroxylation sites is 1. The largest absolute Gasteiger partial charge is 0.484 e. The SMILES string of the molecule is CCNC(=O)[C@@H](CC)N(Cc1ccccc1C)C(=O)COc1ccccc1C. The Labute approximate surface area is 167 Å². The molecule has 0 fully saturated rings. The zero-order valence-electron chi connectivity index (χ0n) is 17.2. The van der Waals surface area contributed by atoms with Crippen LogP contribution in [0.3, 0.4) is 0 Å². The highest BCUT2D eigenvalue weighted by Gasteiger charge is 2.29. The van der Waals surface area contributed by atoms with E-state index in [-0.39, 0.29) is 18.4 Å². The van der Waals surface area contributed by atoms with Crippen LogP contribution in [0.5, 0.6) is 5.75 Å². The minimum absolute atomic E-state index is 0.105. The Kier molecular flexibility index (Phi) is 8.05. The molecule has 0 aromatic heterocycles. The summed E-state index contributed by atoms with van der Waals surface area (Å²) >= 11 is 0. The van der Waals surface area contributed by atoms with Crippen LogP contribution in [0.15, 0.2) is 48.5 Å². The van der Waals surface area contributed by atoms with Gasteiger partial charge in [0.25, 0.3) is 5.91 Å². The van der Waals surface area contributed by atoms with Crippen molar-refractivity contribution in [2.24, 2.45) is 0 Å². The fourth-order valence-electron chi connectivity index (χ4n) is 3.12. The maximum Gasteiger partial charge on any atom is 0.261 e. The van der Waals surface area contributed by atoms with Gasteiger partial charge in [0.05, 0.1) is 0 Å². The monoisotopic (exact) mass is 382 g/mol. The highest BCUT2D eigenvalue weighted by molar-refractivity contribution is 5.88. The number of rotatable bonds is 9. The molecule has 5 heteroatoms. The van der Waals surface area contributed by atoms with Crippen molar-refractivity contribution >= 4 is 11.8 Å². The molecule has 0 heterocycles. The summed E-state index contributed by atoms with van der Waals surface area (Å²) < 4.78 is 5.76. The van der Waals surface area contributed by atoms with Crippen molar-refractivity contribution in [1.29, 1.82) is 0 Å². The molecule has 0 bridgehead atoms. The lowest BCUT2D eigenvalue weighted by atomic mass is 10.1. The van der Waals surface area contributed by atoms with E-state index in [2.05, 4.69) is 5.32 Å². The van der Waals surface area contributed by atoms with Crippen molar-refractivity contribution in [2.45, 2.75) is 46.7 Å². The minimum Gasteiger partial charge on any atom is -0.484 e. The second kappa shape index (κ2) is 10.5. The van der Waals surface area contributed by atoms with Crippen molar-refractivity contribution in [1.82, 2.24) is 10.2 Å². The first-order valence-corrected chi connectivity index (χ1v) is 9.78. The van der Waals surface area contributed by atoms with Crippen LogP contribution in [0.2, 0.25) is 0 Å². The molecule has 0 spiro atoms. The van der Waals surface area contributed by atoms with E-state index in [9.17, 15) is 9.59 Å². The Morgan fingerprint density at radius 3 is 2.25 bits per heavy atom. The maximum absolute atomic E-state index is 13.1. The standard InChI is InChI=1S/C23H30N2O3/c1-5-20(23(27)24-6-2)25(15-19-13-9-7-11-17(19)3)22(26)16-28-21-14-10-8-12-18(21)4/h7-14,20H,5-6,15-16H2,1-4H3,(H,24,27)/t20-/m1/s1. The van der Waals surface area contributed by atoms with E-state index in [1.807, 2.05) is 76.2 Å². The number of hydrogen-bond donors (Lipinski definition) is 1. The van der Waals surface area contributed by atoms with Crippen LogP contribution in [0.1, 0.15) is 37.0 Å². The third kappa shape index (κ3) is 5.59. The molecule has 0 saturated carbocycles. The van der Waals surface area contributed by atoms with Gasteiger partial charge >= 0.3 is 0 Å². The fourth-order valence-corrected chi connectivity index (χ4v) is 3.12. The Hall–Kier alpha value is -2.82. The molecule has 2 amide bonds. The normalized spacial score (nSPS) is 11.6. The predicted molar refractivity (Wildman–Crippen MR) is 111 cm³/mol. The molecule has 2 rings (SSSR count). The van der Waals surface area contributed by atoms with Gasteiger partial charge in [-0.15, -0.1) is 0 Å². The van der Waals surface area contributed by atoms with Gasteiger partial charge in [0.1, 0.15) is 11.8 Å². The smallest absolute Gasteiger partial charge is 0.261 e. The quantitative estimate of drug-likeness (QED) is 0.721. The molecular weight excluding hydrogens is 352 g/mol. The van der Waals surface area contributed by atoms with Crippen LogP contribution in [-0.4, -0.2) is 35.9 Å². The van der Waals surface area contributed by atoms with Gasteiger partial charge in [-0.3, -0.25) is 9.59 Å². The van der Waals surface area contributed by atoms with Crippen molar-refractivity contribution < 1.29 is 14.3 Å². The molecule has 1 N–H and O–H groups in total. The van der Waals surface area contributed by atoms with Gasteiger partial charge < -0.3 is 15.0 Å². The van der Waals surface area contributed by atoms with E-state index in [0.717, 1.165) is 16.7 Å². The summed E-state index contributed by atoms with van der Waals surface area (Å²) in [6.07, 6.45) is 0.536. The summed E-state index contributed by atoms with van der Waals surface area (Å²) in [5, 5.41) is 2.84. The van der Waals surface area contributed by atoms with E-state index in [4.69, 9.17) is 4.74 Å². The first kappa shape index (κ1) is 21.5. The summed E-state index contributed by atoms with van der Waals surface area (Å²) in [4.78, 5) is 27.3. The number of aryl methyl sites for hydroxylation is 2. The Morgan fingerprint density at radius 2 is 1.64 bits per heavy atom. The maximum atomic E-state index is 13.1. The van der Waals surface area contributed by atoms with Crippen molar-refractivity contribution in [2.75, 3.05) is 13.2 Å². The zero-order chi connectivity index (χ0) is 20.5. The molecule has 150 valence electrons. The van der Waals surface area contributed by atoms with Gasteiger partial charge in [0.15, 0.2) is 6.61 Å². The topological polar surface area (TPSA) is 58.6 Å². The number of carbonyl (C=O) groups is 2. The van der Waals surface area contributed by atoms with Crippen LogP contribution in [-0.2, 0) is 16.1 Å². The predicted octanol–water partition coefficient (Wildman–Crippen LogP) is 3.63. The second-order valence-corrected chi connectivity index (χ2v) is 6.82. The van der Waals surface area contributed by atoms with Gasteiger partial charge in [0.2, 0.25) is 5.91 Å². The first-order chi connectivity index (χ1) is 13.5. The number of hydrogen-bond acceptors (Lipinski definition) is 3. The molecular formula is C23H30N2O3. The first-order valence-electron chi connectivity index (χ1n) is 9.78. The average Bonchev–Trinajstić information content (AvgIpc) is 2.68. The van der Waals surface area contributed by atoms with E-state index < -0.39 is 6.04 Å². The van der Waals surface area contributed by atoms with Crippen LogP contribution in [0.25, 0.3) is 0 Å². The molecule has 0 aliphatic rings. The molecule has 2 aromatic carbocycles. The van der Waals surface area contributed by atoms with E-state index in [1.54, 1.807) is 4.90 Å². The summed E-state index contributed by atoms with van der Waals surface area (Å²) in [6.45, 7) is 8.54. The molecule has 0 aliphatic heterocycles. The van der Waals surface area contributed by atoms with E-state index >= 15 is 0 Å². The molecule has 5 nitrogen and oxygen atoms in total. The Bertz CT molecular complexity index is 804. The number of ether oxygens (including phenoxy) is 1. The van der Waals surface area contributed by atoms with Gasteiger partial charge in [-0.25, -0.2) is 0 Å². The molecule has 0 aliphatic carbocycles. The number of likely N-dealkylation sites (N-methyl/N-ethyl adjacent to an activating group) is 1. The number of benzene rings is 2. The lowest BCUT2D eigenvalue weighted by molar-refractivity contribution is -0.142. The molecule has 2 aromatic rings. The summed E-state index contributed by atoms with van der Waals surface area (Å²) in [5.74, 6) is 0.338. The summed E-state index contributed by atoms with van der Waals surface area (Å²) in [7, 11) is 0. The number of amides is 2. The van der Waals surface area contributed by atoms with E-state index in [0.29, 0.717) is 25.3 Å². The van der Waals surface area contributed by atoms with Crippen LogP contribution in [0, 0.1) is 13.8 Å². The fraction of sp³-hybridized carbons (Fsp3) is 0.391. The number of nitrogens with zero attached hydrogens (tertiary/aromatic N) is 1. The molecule has 0 saturated heterocycles. The minimum atomic E-state index is -0.535. The van der Waals surface area contributed by atoms with Gasteiger partial charge in [-0.05, 0) is 49.9 Å². The van der Waals surface area contributed by atoms with Gasteiger partial charge in [0, 0.05) is 13.1 Å². The Morgan fingerprint density at radius 1 is 1.00 bits per heavy atom. The third-order valence-electron chi connectivity index (χ3n) is 4.78. The van der Waals surface area contributed by atoms with Gasteiger partial charge in [-0.2, -0.15) is 0 Å².